The van der Waals surface area contributed by atoms with Crippen molar-refractivity contribution in [1.29, 1.82) is 0 Å². The zero-order valence-corrected chi connectivity index (χ0v) is 17.1. The molecular weight excluding hydrogens is 352 g/mol. The smallest absolute Gasteiger partial charge is 0.226 e. The van der Waals surface area contributed by atoms with E-state index in [-0.39, 0.29) is 5.92 Å². The zero-order valence-electron chi connectivity index (χ0n) is 17.1. The molecule has 2 saturated heterocycles. The lowest BCUT2D eigenvalue weighted by atomic mass is 9.91. The van der Waals surface area contributed by atoms with Crippen LogP contribution in [-0.2, 0) is 4.79 Å². The molecule has 6 heteroatoms. The van der Waals surface area contributed by atoms with Gasteiger partial charge >= 0.3 is 0 Å². The molecule has 0 spiro atoms. The van der Waals surface area contributed by atoms with Crippen LogP contribution in [0.25, 0.3) is 10.9 Å². The number of carbonyl (C=O) groups is 1. The average molecular weight is 383 g/mol. The van der Waals surface area contributed by atoms with Crippen molar-refractivity contribution in [2.45, 2.75) is 45.6 Å². The topological polar surface area (TPSA) is 58.6 Å². The number of anilines is 1. The van der Waals surface area contributed by atoms with Crippen LogP contribution in [0.3, 0.4) is 0 Å². The number of fused-ring (bicyclic) bond motifs is 1. The van der Waals surface area contributed by atoms with E-state index in [1.807, 2.05) is 25.1 Å². The molecule has 1 aromatic carbocycles. The van der Waals surface area contributed by atoms with Crippen LogP contribution in [0.15, 0.2) is 18.2 Å². The summed E-state index contributed by atoms with van der Waals surface area (Å²) in [5, 5.41) is 1.07. The minimum absolute atomic E-state index is 0.230. The van der Waals surface area contributed by atoms with Crippen LogP contribution < -0.4 is 9.64 Å². The quantitative estimate of drug-likeness (QED) is 0.809. The third-order valence-electron chi connectivity index (χ3n) is 6.37. The fourth-order valence-corrected chi connectivity index (χ4v) is 4.62. The van der Waals surface area contributed by atoms with Gasteiger partial charge in [0.15, 0.2) is 0 Å². The van der Waals surface area contributed by atoms with Crippen molar-refractivity contribution in [2.75, 3.05) is 38.2 Å². The summed E-state index contributed by atoms with van der Waals surface area (Å²) in [6.45, 7) is 7.76. The predicted molar refractivity (Wildman–Crippen MR) is 111 cm³/mol. The summed E-state index contributed by atoms with van der Waals surface area (Å²) in [5.41, 5.74) is 1.94. The number of ketones is 1. The van der Waals surface area contributed by atoms with Gasteiger partial charge in [0.05, 0.1) is 18.3 Å². The van der Waals surface area contributed by atoms with Crippen LogP contribution >= 0.6 is 0 Å². The number of piperidine rings is 2. The Morgan fingerprint density at radius 1 is 1.14 bits per heavy atom. The van der Waals surface area contributed by atoms with Crippen molar-refractivity contribution in [2.24, 2.45) is 5.92 Å². The lowest BCUT2D eigenvalue weighted by Crippen LogP contribution is -2.49. The molecule has 28 heavy (non-hydrogen) atoms. The van der Waals surface area contributed by atoms with Crippen molar-refractivity contribution in [3.8, 4) is 5.75 Å². The number of benzene rings is 1. The molecule has 1 aromatic heterocycles. The van der Waals surface area contributed by atoms with Crippen LogP contribution in [0.5, 0.6) is 5.75 Å². The van der Waals surface area contributed by atoms with Crippen molar-refractivity contribution >= 4 is 22.6 Å². The fourth-order valence-electron chi connectivity index (χ4n) is 4.62. The van der Waals surface area contributed by atoms with Crippen molar-refractivity contribution in [1.82, 2.24) is 14.9 Å². The molecule has 0 unspecified atom stereocenters. The largest absolute Gasteiger partial charge is 0.497 e. The first-order valence-electron chi connectivity index (χ1n) is 10.4. The van der Waals surface area contributed by atoms with Gasteiger partial charge in [-0.15, -0.1) is 0 Å². The first-order valence-corrected chi connectivity index (χ1v) is 10.4. The number of methoxy groups -OCH3 is 1. The summed E-state index contributed by atoms with van der Waals surface area (Å²) in [7, 11) is 1.68. The van der Waals surface area contributed by atoms with Gasteiger partial charge in [-0.1, -0.05) is 0 Å². The van der Waals surface area contributed by atoms with Gasteiger partial charge in [-0.2, -0.15) is 0 Å². The van der Waals surface area contributed by atoms with Crippen molar-refractivity contribution < 1.29 is 9.53 Å². The monoisotopic (exact) mass is 382 g/mol. The van der Waals surface area contributed by atoms with Gasteiger partial charge in [-0.3, -0.25) is 9.69 Å². The molecule has 6 nitrogen and oxygen atoms in total. The molecule has 150 valence electrons. The number of aromatic nitrogens is 2. The molecule has 0 saturated carbocycles. The van der Waals surface area contributed by atoms with E-state index < -0.39 is 0 Å². The van der Waals surface area contributed by atoms with E-state index in [2.05, 4.69) is 9.80 Å². The maximum Gasteiger partial charge on any atom is 0.226 e. The number of Topliss-reactive ketones (excluding diaryl/α,β-unsaturated/α-hetero) is 1. The predicted octanol–water partition coefficient (Wildman–Crippen LogP) is 3.22. The highest BCUT2D eigenvalue weighted by atomic mass is 16.5. The molecule has 0 aliphatic carbocycles. The molecule has 2 aromatic rings. The summed E-state index contributed by atoms with van der Waals surface area (Å²) in [6.07, 6.45) is 4.39. The molecule has 2 aliphatic heterocycles. The third kappa shape index (κ3) is 3.83. The van der Waals surface area contributed by atoms with E-state index >= 15 is 0 Å². The summed E-state index contributed by atoms with van der Waals surface area (Å²) >= 11 is 0. The van der Waals surface area contributed by atoms with Crippen molar-refractivity contribution in [3.63, 3.8) is 0 Å². The Labute approximate surface area is 166 Å². The number of likely N-dealkylation sites (tertiary alicyclic amines) is 1. The molecule has 0 N–H and O–H groups in total. The molecule has 2 aliphatic rings. The van der Waals surface area contributed by atoms with Gasteiger partial charge in [-0.05, 0) is 58.2 Å². The minimum atomic E-state index is 0.230. The van der Waals surface area contributed by atoms with Gasteiger partial charge < -0.3 is 9.64 Å². The Bertz CT molecular complexity index is 861. The fraction of sp³-hybridized carbons (Fsp3) is 0.591. The third-order valence-corrected chi connectivity index (χ3v) is 6.37. The summed E-state index contributed by atoms with van der Waals surface area (Å²) in [5.74, 6) is 2.21. The number of nitrogens with zero attached hydrogens (tertiary/aromatic N) is 4. The van der Waals surface area contributed by atoms with E-state index in [9.17, 15) is 4.79 Å². The molecular formula is C22H30N4O2. The molecule has 3 heterocycles. The molecule has 0 bridgehead atoms. The van der Waals surface area contributed by atoms with E-state index in [1.165, 1.54) is 0 Å². The number of carbonyl (C=O) groups excluding carboxylic acids is 1. The Kier molecular flexibility index (Phi) is 5.49. The van der Waals surface area contributed by atoms with E-state index in [0.717, 1.165) is 80.2 Å². The van der Waals surface area contributed by atoms with Crippen molar-refractivity contribution in [3.05, 3.63) is 23.9 Å². The second-order valence-corrected chi connectivity index (χ2v) is 8.16. The van der Waals surface area contributed by atoms with Gasteiger partial charge in [0, 0.05) is 43.0 Å². The number of ether oxygens (including phenoxy) is 1. The number of rotatable bonds is 4. The molecule has 0 amide bonds. The number of hydrogen-bond acceptors (Lipinski definition) is 6. The zero-order chi connectivity index (χ0) is 19.7. The lowest BCUT2D eigenvalue weighted by Gasteiger charge is -2.42. The second kappa shape index (κ2) is 8.03. The summed E-state index contributed by atoms with van der Waals surface area (Å²) in [6, 6.07) is 6.54. The van der Waals surface area contributed by atoms with E-state index in [0.29, 0.717) is 11.8 Å². The highest BCUT2D eigenvalue weighted by Gasteiger charge is 2.31. The van der Waals surface area contributed by atoms with Crippen LogP contribution in [0.4, 0.5) is 5.95 Å². The van der Waals surface area contributed by atoms with Crippen LogP contribution in [0, 0.1) is 12.8 Å². The Morgan fingerprint density at radius 2 is 1.93 bits per heavy atom. The van der Waals surface area contributed by atoms with E-state index in [1.54, 1.807) is 14.0 Å². The molecule has 1 atom stereocenters. The molecule has 0 radical (unpaired) electrons. The Hall–Kier alpha value is -2.21. The first kappa shape index (κ1) is 19.1. The van der Waals surface area contributed by atoms with Gasteiger partial charge in [0.25, 0.3) is 0 Å². The summed E-state index contributed by atoms with van der Waals surface area (Å²) < 4.78 is 5.35. The highest BCUT2D eigenvalue weighted by molar-refractivity contribution is 5.83. The van der Waals surface area contributed by atoms with E-state index in [4.69, 9.17) is 14.7 Å². The summed E-state index contributed by atoms with van der Waals surface area (Å²) in [4.78, 5) is 26.2. The lowest BCUT2D eigenvalue weighted by molar-refractivity contribution is -0.122. The standard InChI is InChI=1S/C22H30N4O2/c1-15-20-7-6-19(28-3)13-21(20)24-22(23-15)25-11-8-18(9-12-25)26-10-4-5-17(14-26)16(2)27/h6-7,13,17-18H,4-5,8-12,14H2,1-3H3/t17-/m0/s1. The number of hydrogen-bond donors (Lipinski definition) is 0. The van der Waals surface area contributed by atoms with Gasteiger partial charge in [0.2, 0.25) is 5.95 Å². The number of aryl methyl sites for hydroxylation is 1. The maximum atomic E-state index is 11.8. The average Bonchev–Trinajstić information content (AvgIpc) is 2.73. The normalized spacial score (nSPS) is 21.8. The van der Waals surface area contributed by atoms with Gasteiger partial charge in [-0.25, -0.2) is 9.97 Å². The molecule has 2 fully saturated rings. The van der Waals surface area contributed by atoms with Crippen LogP contribution in [-0.4, -0.2) is 60.0 Å². The maximum absolute atomic E-state index is 11.8. The Balaban J connectivity index is 1.45. The Morgan fingerprint density at radius 3 is 2.64 bits per heavy atom. The minimum Gasteiger partial charge on any atom is -0.497 e. The first-order chi connectivity index (χ1) is 13.5. The molecule has 4 rings (SSSR count). The van der Waals surface area contributed by atoms with Crippen LogP contribution in [0.2, 0.25) is 0 Å². The van der Waals surface area contributed by atoms with Gasteiger partial charge in [0.1, 0.15) is 11.5 Å². The highest BCUT2D eigenvalue weighted by Crippen LogP contribution is 2.28. The second-order valence-electron chi connectivity index (χ2n) is 8.16. The van der Waals surface area contributed by atoms with Crippen LogP contribution in [0.1, 0.15) is 38.3 Å². The SMILES string of the molecule is COc1ccc2c(C)nc(N3CCC(N4CCC[C@H](C(C)=O)C4)CC3)nc2c1.